The lowest BCUT2D eigenvalue weighted by atomic mass is 9.93. The Morgan fingerprint density at radius 1 is 1.56 bits per heavy atom. The van der Waals surface area contributed by atoms with Crippen molar-refractivity contribution < 1.29 is 8.42 Å². The highest BCUT2D eigenvalue weighted by atomic mass is 32.2. The van der Waals surface area contributed by atoms with Gasteiger partial charge in [-0.1, -0.05) is 33.0 Å². The van der Waals surface area contributed by atoms with Crippen molar-refractivity contribution >= 4 is 27.2 Å². The van der Waals surface area contributed by atoms with Gasteiger partial charge in [-0.15, -0.1) is 0 Å². The molecule has 1 aliphatic heterocycles. The maximum Gasteiger partial charge on any atom is 0.223 e. The van der Waals surface area contributed by atoms with E-state index in [1.54, 1.807) is 6.92 Å². The molecular formula is C10H20N2O2S2. The minimum Gasteiger partial charge on any atom is -0.392 e. The molecular weight excluding hydrogens is 244 g/mol. The molecule has 6 heteroatoms. The molecule has 1 heterocycles. The van der Waals surface area contributed by atoms with Crippen LogP contribution < -0.4 is 5.73 Å². The van der Waals surface area contributed by atoms with E-state index < -0.39 is 15.3 Å². The van der Waals surface area contributed by atoms with E-state index in [9.17, 15) is 8.42 Å². The first-order valence-electron chi connectivity index (χ1n) is 5.49. The van der Waals surface area contributed by atoms with Crippen LogP contribution in [-0.4, -0.2) is 36.1 Å². The molecule has 0 radical (unpaired) electrons. The van der Waals surface area contributed by atoms with Crippen LogP contribution in [-0.2, 0) is 10.0 Å². The van der Waals surface area contributed by atoms with E-state index in [1.807, 2.05) is 0 Å². The smallest absolute Gasteiger partial charge is 0.223 e. The summed E-state index contributed by atoms with van der Waals surface area (Å²) in [4.78, 5) is 0.0761. The van der Waals surface area contributed by atoms with Crippen LogP contribution in [0.25, 0.3) is 0 Å². The van der Waals surface area contributed by atoms with Crippen LogP contribution >= 0.6 is 12.2 Å². The third-order valence-corrected chi connectivity index (χ3v) is 5.82. The number of nitrogens with zero attached hydrogens (tertiary/aromatic N) is 1. The molecule has 0 aromatic heterocycles. The Labute approximate surface area is 103 Å². The second-order valence-electron chi connectivity index (χ2n) is 5.09. The van der Waals surface area contributed by atoms with Gasteiger partial charge < -0.3 is 5.73 Å². The fourth-order valence-corrected chi connectivity index (χ4v) is 4.50. The van der Waals surface area contributed by atoms with Crippen molar-refractivity contribution in [3.63, 3.8) is 0 Å². The molecule has 1 aliphatic rings. The van der Waals surface area contributed by atoms with Gasteiger partial charge in [0, 0.05) is 13.1 Å². The second-order valence-corrected chi connectivity index (χ2v) is 7.68. The minimum absolute atomic E-state index is 0.0571. The maximum atomic E-state index is 12.3. The average molecular weight is 264 g/mol. The molecule has 0 saturated carbocycles. The third-order valence-electron chi connectivity index (χ3n) is 3.05. The van der Waals surface area contributed by atoms with Crippen LogP contribution in [0.3, 0.4) is 0 Å². The van der Waals surface area contributed by atoms with Crippen molar-refractivity contribution in [1.29, 1.82) is 0 Å². The quantitative estimate of drug-likeness (QED) is 0.773. The zero-order valence-corrected chi connectivity index (χ0v) is 11.7. The highest BCUT2D eigenvalue weighted by Crippen LogP contribution is 2.32. The molecule has 1 rings (SSSR count). The zero-order valence-electron chi connectivity index (χ0n) is 10.1. The van der Waals surface area contributed by atoms with E-state index in [0.29, 0.717) is 19.5 Å². The first kappa shape index (κ1) is 13.9. The molecule has 0 amide bonds. The Kier molecular flexibility index (Phi) is 3.97. The van der Waals surface area contributed by atoms with Gasteiger partial charge in [0.2, 0.25) is 10.0 Å². The van der Waals surface area contributed by atoms with Crippen LogP contribution in [0, 0.1) is 5.41 Å². The molecule has 1 saturated heterocycles. The van der Waals surface area contributed by atoms with Gasteiger partial charge >= 0.3 is 0 Å². The first-order valence-corrected chi connectivity index (χ1v) is 7.40. The lowest BCUT2D eigenvalue weighted by Crippen LogP contribution is -2.43. The Morgan fingerprint density at radius 3 is 2.44 bits per heavy atom. The minimum atomic E-state index is -3.35. The van der Waals surface area contributed by atoms with Gasteiger partial charge in [0.15, 0.2) is 0 Å². The molecule has 0 aromatic carbocycles. The summed E-state index contributed by atoms with van der Waals surface area (Å²) in [5.41, 5.74) is 5.55. The molecule has 1 unspecified atom stereocenters. The summed E-state index contributed by atoms with van der Waals surface area (Å²) in [6, 6.07) is 0. The Balaban J connectivity index is 2.91. The van der Waals surface area contributed by atoms with E-state index in [2.05, 4.69) is 13.8 Å². The highest BCUT2D eigenvalue weighted by Gasteiger charge is 2.40. The van der Waals surface area contributed by atoms with Crippen molar-refractivity contribution in [1.82, 2.24) is 4.31 Å². The molecule has 0 aliphatic carbocycles. The molecule has 0 aromatic rings. The van der Waals surface area contributed by atoms with E-state index in [-0.39, 0.29) is 10.4 Å². The van der Waals surface area contributed by atoms with Crippen LogP contribution in [0.15, 0.2) is 0 Å². The van der Waals surface area contributed by atoms with Crippen molar-refractivity contribution in [2.24, 2.45) is 11.1 Å². The summed E-state index contributed by atoms with van der Waals surface area (Å²) < 4.78 is 26.0. The van der Waals surface area contributed by atoms with Gasteiger partial charge in [0.05, 0.1) is 4.99 Å². The van der Waals surface area contributed by atoms with E-state index in [1.165, 1.54) is 4.31 Å². The molecule has 1 atom stereocenters. The summed E-state index contributed by atoms with van der Waals surface area (Å²) in [5.74, 6) is 0. The van der Waals surface area contributed by atoms with Crippen LogP contribution in [0.1, 0.15) is 33.6 Å². The number of nitrogens with two attached hydrogens (primary N) is 1. The molecule has 1 fully saturated rings. The summed E-state index contributed by atoms with van der Waals surface area (Å²) >= 11 is 4.83. The van der Waals surface area contributed by atoms with Gasteiger partial charge in [-0.25, -0.2) is 12.7 Å². The molecule has 16 heavy (non-hydrogen) atoms. The topological polar surface area (TPSA) is 63.4 Å². The van der Waals surface area contributed by atoms with Gasteiger partial charge in [-0.2, -0.15) is 0 Å². The normalized spacial score (nSPS) is 23.2. The Morgan fingerprint density at radius 2 is 2.12 bits per heavy atom. The molecule has 2 N–H and O–H groups in total. The monoisotopic (exact) mass is 264 g/mol. The standard InChI is InChI=1S/C10H20N2O2S2/c1-4-8(9(11)15)16(13,14)12-6-5-10(2,3)7-12/h8H,4-7H2,1-3H3,(H2,11,15). The number of sulfonamides is 1. The fraction of sp³-hybridized carbons (Fsp3) is 0.900. The SMILES string of the molecule is CCC(C(N)=S)S(=O)(=O)N1CCC(C)(C)C1. The van der Waals surface area contributed by atoms with Gasteiger partial charge in [0.1, 0.15) is 5.25 Å². The van der Waals surface area contributed by atoms with Gasteiger partial charge in [-0.3, -0.25) is 0 Å². The Hall–Kier alpha value is -0.200. The van der Waals surface area contributed by atoms with Gasteiger partial charge in [-0.05, 0) is 18.3 Å². The maximum absolute atomic E-state index is 12.3. The third kappa shape index (κ3) is 2.73. The van der Waals surface area contributed by atoms with Crippen LogP contribution in [0.4, 0.5) is 0 Å². The second kappa shape index (κ2) is 4.58. The van der Waals surface area contributed by atoms with E-state index >= 15 is 0 Å². The van der Waals surface area contributed by atoms with Crippen molar-refractivity contribution in [3.05, 3.63) is 0 Å². The van der Waals surface area contributed by atoms with Gasteiger partial charge in [0.25, 0.3) is 0 Å². The number of hydrogen-bond donors (Lipinski definition) is 1. The van der Waals surface area contributed by atoms with Crippen LogP contribution in [0.5, 0.6) is 0 Å². The van der Waals surface area contributed by atoms with E-state index in [0.717, 1.165) is 6.42 Å². The van der Waals surface area contributed by atoms with Crippen molar-refractivity contribution in [3.8, 4) is 0 Å². The molecule has 4 nitrogen and oxygen atoms in total. The van der Waals surface area contributed by atoms with Crippen molar-refractivity contribution in [2.75, 3.05) is 13.1 Å². The summed E-state index contributed by atoms with van der Waals surface area (Å²) in [6.07, 6.45) is 1.33. The predicted molar refractivity (Wildman–Crippen MR) is 69.8 cm³/mol. The predicted octanol–water partition coefficient (Wildman–Crippen LogP) is 1.11. The summed E-state index contributed by atoms with van der Waals surface area (Å²) in [7, 11) is -3.35. The highest BCUT2D eigenvalue weighted by molar-refractivity contribution is 7.92. The fourth-order valence-electron chi connectivity index (χ4n) is 2.02. The van der Waals surface area contributed by atoms with Crippen LogP contribution in [0.2, 0.25) is 0 Å². The van der Waals surface area contributed by atoms with E-state index in [4.69, 9.17) is 18.0 Å². The first-order chi connectivity index (χ1) is 7.20. The molecule has 0 bridgehead atoms. The summed E-state index contributed by atoms with van der Waals surface area (Å²) in [5, 5.41) is -0.712. The lowest BCUT2D eigenvalue weighted by Gasteiger charge is -2.24. The average Bonchev–Trinajstić information content (AvgIpc) is 2.46. The lowest BCUT2D eigenvalue weighted by molar-refractivity contribution is 0.374. The summed E-state index contributed by atoms with van der Waals surface area (Å²) in [6.45, 7) is 7.08. The Bertz CT molecular complexity index is 376. The molecule has 0 spiro atoms. The van der Waals surface area contributed by atoms with Crippen molar-refractivity contribution in [2.45, 2.75) is 38.9 Å². The number of rotatable bonds is 4. The largest absolute Gasteiger partial charge is 0.392 e. The zero-order chi connectivity index (χ0) is 12.6. The molecule has 94 valence electrons. The number of hydrogen-bond acceptors (Lipinski definition) is 3. The number of thiocarbonyl (C=S) groups is 1.